The van der Waals surface area contributed by atoms with Crippen LogP contribution in [0.25, 0.3) is 0 Å². The molecule has 1 fully saturated rings. The lowest BCUT2D eigenvalue weighted by molar-refractivity contribution is -0.130. The smallest absolute Gasteiger partial charge is 0.219 e. The summed E-state index contributed by atoms with van der Waals surface area (Å²) in [5, 5.41) is 3.69. The molecule has 0 bridgehead atoms. The van der Waals surface area contributed by atoms with Crippen LogP contribution in [0.2, 0.25) is 0 Å². The van der Waals surface area contributed by atoms with E-state index in [0.29, 0.717) is 18.6 Å². The zero-order valence-corrected chi connectivity index (χ0v) is 15.8. The number of hydrogen-bond donors (Lipinski definition) is 1. The lowest BCUT2D eigenvalue weighted by atomic mass is 9.93. The van der Waals surface area contributed by atoms with Crippen LogP contribution in [0.3, 0.4) is 0 Å². The van der Waals surface area contributed by atoms with Crippen molar-refractivity contribution in [1.82, 2.24) is 10.2 Å². The number of nitrogens with one attached hydrogen (secondary N) is 1. The Hall–Kier alpha value is -1.75. The number of benzene rings is 1. The van der Waals surface area contributed by atoms with Gasteiger partial charge in [-0.3, -0.25) is 4.79 Å². The Bertz CT molecular complexity index is 632. The third-order valence-electron chi connectivity index (χ3n) is 5.26. The molecule has 2 heterocycles. The van der Waals surface area contributed by atoms with Crippen molar-refractivity contribution in [2.45, 2.75) is 59.2 Å². The Morgan fingerprint density at radius 2 is 2.20 bits per heavy atom. The molecule has 1 N–H and O–H groups in total. The van der Waals surface area contributed by atoms with Crippen molar-refractivity contribution in [2.24, 2.45) is 5.92 Å². The van der Waals surface area contributed by atoms with Gasteiger partial charge in [0, 0.05) is 50.1 Å². The molecule has 0 unspecified atom stereocenters. The maximum atomic E-state index is 11.6. The van der Waals surface area contributed by atoms with Crippen molar-refractivity contribution in [3.63, 3.8) is 0 Å². The summed E-state index contributed by atoms with van der Waals surface area (Å²) < 4.78 is 11.8. The molecule has 138 valence electrons. The van der Waals surface area contributed by atoms with E-state index in [2.05, 4.69) is 31.3 Å². The van der Waals surface area contributed by atoms with Gasteiger partial charge in [-0.1, -0.05) is 6.92 Å². The first kappa shape index (κ1) is 18.1. The molecule has 0 aliphatic carbocycles. The second-order valence-corrected chi connectivity index (χ2v) is 7.35. The summed E-state index contributed by atoms with van der Waals surface area (Å²) in [6, 6.07) is 4.63. The second kappa shape index (κ2) is 7.65. The summed E-state index contributed by atoms with van der Waals surface area (Å²) in [6.07, 6.45) is 2.16. The third kappa shape index (κ3) is 4.09. The molecular weight excluding hydrogens is 316 g/mol. The lowest BCUT2D eigenvalue weighted by Gasteiger charge is -2.37. The van der Waals surface area contributed by atoms with Crippen LogP contribution in [0.1, 0.15) is 45.2 Å². The van der Waals surface area contributed by atoms with E-state index in [4.69, 9.17) is 9.47 Å². The summed E-state index contributed by atoms with van der Waals surface area (Å²) in [6.45, 7) is 11.1. The summed E-state index contributed by atoms with van der Waals surface area (Å²) in [5.41, 5.74) is 2.42. The van der Waals surface area contributed by atoms with Gasteiger partial charge in [0.05, 0.1) is 6.61 Å². The number of amides is 1. The Morgan fingerprint density at radius 3 is 2.88 bits per heavy atom. The minimum atomic E-state index is 0.176. The normalized spacial score (nSPS) is 25.4. The molecule has 0 radical (unpaired) electrons. The maximum Gasteiger partial charge on any atom is 0.219 e. The molecule has 0 saturated carbocycles. The first-order valence-corrected chi connectivity index (χ1v) is 9.42. The van der Waals surface area contributed by atoms with E-state index in [1.54, 1.807) is 6.92 Å². The van der Waals surface area contributed by atoms with Gasteiger partial charge in [0.1, 0.15) is 17.6 Å². The largest absolute Gasteiger partial charge is 0.494 e. The number of rotatable bonds is 5. The van der Waals surface area contributed by atoms with Gasteiger partial charge in [-0.15, -0.1) is 0 Å². The summed E-state index contributed by atoms with van der Waals surface area (Å²) in [4.78, 5) is 13.5. The highest BCUT2D eigenvalue weighted by Gasteiger charge is 2.28. The van der Waals surface area contributed by atoms with Crippen LogP contribution in [0.4, 0.5) is 0 Å². The van der Waals surface area contributed by atoms with Crippen LogP contribution in [0, 0.1) is 5.92 Å². The van der Waals surface area contributed by atoms with Gasteiger partial charge in [0.15, 0.2) is 0 Å². The van der Waals surface area contributed by atoms with E-state index in [1.807, 2.05) is 11.8 Å². The molecule has 3 rings (SSSR count). The molecule has 3 atom stereocenters. The van der Waals surface area contributed by atoms with Gasteiger partial charge in [0.2, 0.25) is 5.91 Å². The quantitative estimate of drug-likeness (QED) is 0.891. The molecular formula is C20H30N2O3. The van der Waals surface area contributed by atoms with Gasteiger partial charge >= 0.3 is 0 Å². The first-order valence-electron chi connectivity index (χ1n) is 9.42. The number of carbonyl (C=O) groups is 1. The predicted octanol–water partition coefficient (Wildman–Crippen LogP) is 2.76. The number of ether oxygens (including phenoxy) is 2. The van der Waals surface area contributed by atoms with Crippen molar-refractivity contribution in [3.8, 4) is 11.5 Å². The summed E-state index contributed by atoms with van der Waals surface area (Å²) >= 11 is 0. The topological polar surface area (TPSA) is 50.8 Å². The Kier molecular flexibility index (Phi) is 5.52. The van der Waals surface area contributed by atoms with Crippen molar-refractivity contribution < 1.29 is 14.3 Å². The first-order chi connectivity index (χ1) is 12.0. The Labute approximate surface area is 150 Å². The van der Waals surface area contributed by atoms with Crippen molar-refractivity contribution in [1.29, 1.82) is 0 Å². The predicted molar refractivity (Wildman–Crippen MR) is 98.1 cm³/mol. The molecule has 2 aliphatic heterocycles. The number of fused-ring (bicyclic) bond motifs is 1. The molecule has 2 aliphatic rings. The lowest BCUT2D eigenvalue weighted by Crippen LogP contribution is -2.49. The Morgan fingerprint density at radius 1 is 1.40 bits per heavy atom. The van der Waals surface area contributed by atoms with Gasteiger partial charge in [-0.25, -0.2) is 0 Å². The summed E-state index contributed by atoms with van der Waals surface area (Å²) in [7, 11) is 0. The number of hydrogen-bond acceptors (Lipinski definition) is 4. The van der Waals surface area contributed by atoms with Gasteiger partial charge < -0.3 is 19.7 Å². The zero-order valence-electron chi connectivity index (χ0n) is 15.8. The molecule has 1 aromatic carbocycles. The van der Waals surface area contributed by atoms with Crippen LogP contribution in [-0.4, -0.2) is 42.6 Å². The molecule has 25 heavy (non-hydrogen) atoms. The van der Waals surface area contributed by atoms with Crippen LogP contribution in [-0.2, 0) is 17.8 Å². The van der Waals surface area contributed by atoms with E-state index >= 15 is 0 Å². The van der Waals surface area contributed by atoms with Gasteiger partial charge in [-0.2, -0.15) is 0 Å². The minimum absolute atomic E-state index is 0.176. The zero-order chi connectivity index (χ0) is 18.0. The van der Waals surface area contributed by atoms with Crippen LogP contribution in [0.5, 0.6) is 11.5 Å². The maximum absolute atomic E-state index is 11.6. The third-order valence-corrected chi connectivity index (χ3v) is 5.26. The SMILES string of the molecule is CCOc1cc(CN[C@@H]2CCN(C(C)=O)C[C@@H]2C)c2c(c1)C[C@@H](C)O2. The standard InChI is InChI=1S/C20H30N2O3/c1-5-24-18-9-16-8-14(3)25-20(16)17(10-18)11-21-19-6-7-22(15(4)23)12-13(19)2/h9-10,13-14,19,21H,5-8,11-12H2,1-4H3/t13-,14+,19+/m0/s1. The van der Waals surface area contributed by atoms with Gasteiger partial charge in [-0.05, 0) is 38.3 Å². The number of carbonyl (C=O) groups excluding carboxylic acids is 1. The van der Waals surface area contributed by atoms with Gasteiger partial charge in [0.25, 0.3) is 0 Å². The fraction of sp³-hybridized carbons (Fsp3) is 0.650. The van der Waals surface area contributed by atoms with Crippen LogP contribution < -0.4 is 14.8 Å². The van der Waals surface area contributed by atoms with E-state index in [0.717, 1.165) is 44.0 Å². The molecule has 1 saturated heterocycles. The van der Waals surface area contributed by atoms with Crippen LogP contribution >= 0.6 is 0 Å². The average Bonchev–Trinajstić information content (AvgIpc) is 2.94. The minimum Gasteiger partial charge on any atom is -0.494 e. The molecule has 0 aromatic heterocycles. The molecule has 0 spiro atoms. The fourth-order valence-electron chi connectivity index (χ4n) is 3.94. The number of nitrogens with zero attached hydrogens (tertiary/aromatic N) is 1. The molecule has 5 nitrogen and oxygen atoms in total. The molecule has 1 amide bonds. The molecule has 1 aromatic rings. The average molecular weight is 346 g/mol. The molecule has 5 heteroatoms. The van der Waals surface area contributed by atoms with E-state index in [1.165, 1.54) is 11.1 Å². The highest BCUT2D eigenvalue weighted by atomic mass is 16.5. The highest BCUT2D eigenvalue weighted by molar-refractivity contribution is 5.73. The highest BCUT2D eigenvalue weighted by Crippen LogP contribution is 2.36. The fourth-order valence-corrected chi connectivity index (χ4v) is 3.94. The second-order valence-electron chi connectivity index (χ2n) is 7.35. The summed E-state index contributed by atoms with van der Waals surface area (Å²) in [5.74, 6) is 2.57. The van der Waals surface area contributed by atoms with Crippen molar-refractivity contribution >= 4 is 5.91 Å². The monoisotopic (exact) mass is 346 g/mol. The van der Waals surface area contributed by atoms with Crippen molar-refractivity contribution in [2.75, 3.05) is 19.7 Å². The van der Waals surface area contributed by atoms with E-state index in [-0.39, 0.29) is 12.0 Å². The number of likely N-dealkylation sites (tertiary alicyclic amines) is 1. The number of piperidine rings is 1. The van der Waals surface area contributed by atoms with Crippen molar-refractivity contribution in [3.05, 3.63) is 23.3 Å². The van der Waals surface area contributed by atoms with E-state index in [9.17, 15) is 4.79 Å². The van der Waals surface area contributed by atoms with Crippen LogP contribution in [0.15, 0.2) is 12.1 Å². The van der Waals surface area contributed by atoms with E-state index < -0.39 is 0 Å². The Balaban J connectivity index is 1.68.